The molecule has 1 aromatic heterocycles. The number of thioether (sulfide) groups is 1. The Morgan fingerprint density at radius 3 is 2.70 bits per heavy atom. The highest BCUT2D eigenvalue weighted by Gasteiger charge is 2.49. The largest absolute Gasteiger partial charge is 0.507 e. The number of aliphatic hydroxyl groups excluding tert-OH is 1. The SMILES string of the molecule is C[C@H]1Cc2cc(/C(O)=C3\C(=O)C(=O)N(c4nnc(SCc5ccc(Cl)cc5)s4)[C@@H]3c3ccccc3F)ccc2O1. The fraction of sp³-hybridized carbons (Fsp3) is 0.172. The van der Waals surface area contributed by atoms with Gasteiger partial charge in [-0.25, -0.2) is 4.39 Å². The minimum atomic E-state index is -1.23. The Hall–Kier alpha value is -3.73. The lowest BCUT2D eigenvalue weighted by atomic mass is 9.94. The van der Waals surface area contributed by atoms with Gasteiger partial charge in [-0.2, -0.15) is 0 Å². The summed E-state index contributed by atoms with van der Waals surface area (Å²) in [4.78, 5) is 27.9. The molecule has 1 fully saturated rings. The van der Waals surface area contributed by atoms with Gasteiger partial charge in [0.05, 0.1) is 5.57 Å². The summed E-state index contributed by atoms with van der Waals surface area (Å²) in [6.45, 7) is 1.94. The van der Waals surface area contributed by atoms with Crippen LogP contribution in [0.2, 0.25) is 5.02 Å². The second kappa shape index (κ2) is 10.7. The molecule has 2 aliphatic rings. The second-order valence-corrected chi connectivity index (χ2v) is 12.0. The van der Waals surface area contributed by atoms with Gasteiger partial charge in [0.1, 0.15) is 29.5 Å². The first-order chi connectivity index (χ1) is 19.3. The maximum absolute atomic E-state index is 15.2. The number of rotatable bonds is 6. The number of benzene rings is 3. The number of carbonyl (C=O) groups is 2. The van der Waals surface area contributed by atoms with E-state index < -0.39 is 29.3 Å². The monoisotopic (exact) mass is 593 g/mol. The quantitative estimate of drug-likeness (QED) is 0.0888. The zero-order valence-electron chi connectivity index (χ0n) is 21.0. The molecule has 1 saturated heterocycles. The van der Waals surface area contributed by atoms with Gasteiger partial charge < -0.3 is 9.84 Å². The van der Waals surface area contributed by atoms with Crippen molar-refractivity contribution in [3.05, 3.63) is 105 Å². The summed E-state index contributed by atoms with van der Waals surface area (Å²) in [5.74, 6) is -1.57. The summed E-state index contributed by atoms with van der Waals surface area (Å²) < 4.78 is 21.5. The van der Waals surface area contributed by atoms with Gasteiger partial charge in [-0.1, -0.05) is 65.0 Å². The molecule has 7 nitrogen and oxygen atoms in total. The average Bonchev–Trinajstić information content (AvgIpc) is 3.63. The number of halogens is 2. The van der Waals surface area contributed by atoms with Crippen molar-refractivity contribution in [3.8, 4) is 5.75 Å². The van der Waals surface area contributed by atoms with Crippen molar-refractivity contribution in [2.75, 3.05) is 4.90 Å². The molecular weight excluding hydrogens is 573 g/mol. The number of aliphatic hydroxyl groups is 1. The molecule has 0 radical (unpaired) electrons. The summed E-state index contributed by atoms with van der Waals surface area (Å²) in [6.07, 6.45) is 0.628. The lowest BCUT2D eigenvalue weighted by molar-refractivity contribution is -0.132. The van der Waals surface area contributed by atoms with E-state index in [1.165, 1.54) is 30.0 Å². The van der Waals surface area contributed by atoms with Crippen LogP contribution in [0, 0.1) is 5.82 Å². The topological polar surface area (TPSA) is 92.6 Å². The third kappa shape index (κ3) is 4.87. The number of ketones is 1. The van der Waals surface area contributed by atoms with Gasteiger partial charge in [0.25, 0.3) is 5.78 Å². The van der Waals surface area contributed by atoms with Gasteiger partial charge >= 0.3 is 5.91 Å². The summed E-state index contributed by atoms with van der Waals surface area (Å²) in [6, 6.07) is 17.1. The van der Waals surface area contributed by atoms with Crippen LogP contribution >= 0.6 is 34.7 Å². The predicted octanol–water partition coefficient (Wildman–Crippen LogP) is 6.57. The maximum Gasteiger partial charge on any atom is 0.301 e. The molecule has 0 spiro atoms. The molecule has 2 aliphatic heterocycles. The van der Waals surface area contributed by atoms with Gasteiger partial charge in [-0.15, -0.1) is 10.2 Å². The number of amides is 1. The first-order valence-electron chi connectivity index (χ1n) is 12.4. The zero-order chi connectivity index (χ0) is 28.0. The first kappa shape index (κ1) is 26.5. The van der Waals surface area contributed by atoms with E-state index in [0.717, 1.165) is 27.4 Å². The van der Waals surface area contributed by atoms with Gasteiger partial charge in [-0.05, 0) is 54.4 Å². The minimum absolute atomic E-state index is 0.0134. The first-order valence-corrected chi connectivity index (χ1v) is 14.5. The van der Waals surface area contributed by atoms with Crippen LogP contribution in [0.5, 0.6) is 5.75 Å². The molecule has 1 amide bonds. The number of hydrogen-bond acceptors (Lipinski definition) is 8. The zero-order valence-corrected chi connectivity index (χ0v) is 23.4. The molecule has 0 bridgehead atoms. The molecule has 202 valence electrons. The van der Waals surface area contributed by atoms with Crippen molar-refractivity contribution in [2.24, 2.45) is 0 Å². The van der Waals surface area contributed by atoms with Gasteiger partial charge in [0, 0.05) is 28.3 Å². The van der Waals surface area contributed by atoms with E-state index in [4.69, 9.17) is 16.3 Å². The highest BCUT2D eigenvalue weighted by atomic mass is 35.5. The van der Waals surface area contributed by atoms with Gasteiger partial charge in [0.15, 0.2) is 4.34 Å². The van der Waals surface area contributed by atoms with Crippen molar-refractivity contribution in [2.45, 2.75) is 35.6 Å². The van der Waals surface area contributed by atoms with E-state index in [1.54, 1.807) is 36.4 Å². The molecule has 0 aliphatic carbocycles. The van der Waals surface area contributed by atoms with Crippen LogP contribution < -0.4 is 9.64 Å². The third-order valence-electron chi connectivity index (χ3n) is 6.69. The van der Waals surface area contributed by atoms with Crippen molar-refractivity contribution < 1.29 is 23.8 Å². The van der Waals surface area contributed by atoms with Crippen molar-refractivity contribution >= 4 is 57.3 Å². The minimum Gasteiger partial charge on any atom is -0.507 e. The van der Waals surface area contributed by atoms with Crippen LogP contribution in [0.15, 0.2) is 76.6 Å². The lowest BCUT2D eigenvalue weighted by Gasteiger charge is -2.22. The van der Waals surface area contributed by atoms with Crippen molar-refractivity contribution in [1.29, 1.82) is 0 Å². The fourth-order valence-electron chi connectivity index (χ4n) is 4.83. The number of fused-ring (bicyclic) bond motifs is 1. The second-order valence-electron chi connectivity index (χ2n) is 9.41. The summed E-state index contributed by atoms with van der Waals surface area (Å²) in [5, 5.41) is 20.5. The summed E-state index contributed by atoms with van der Waals surface area (Å²) in [7, 11) is 0. The molecule has 40 heavy (non-hydrogen) atoms. The Balaban J connectivity index is 1.39. The van der Waals surface area contributed by atoms with Crippen LogP contribution in [0.4, 0.5) is 9.52 Å². The number of ether oxygens (including phenoxy) is 1. The molecule has 2 atom stereocenters. The number of anilines is 1. The molecule has 1 N–H and O–H groups in total. The summed E-state index contributed by atoms with van der Waals surface area (Å²) >= 11 is 8.48. The van der Waals surface area contributed by atoms with Crippen molar-refractivity contribution in [1.82, 2.24) is 10.2 Å². The van der Waals surface area contributed by atoms with E-state index >= 15 is 4.39 Å². The van der Waals surface area contributed by atoms with Crippen LogP contribution in [0.25, 0.3) is 5.76 Å². The standard InChI is InChI=1S/C29H21ClFN3O4S2/c1-15-12-18-13-17(8-11-22(18)38-15)25(35)23-24(20-4-2-3-5-21(20)31)34(27(37)26(23)36)28-32-33-29(40-28)39-14-16-6-9-19(30)10-7-16/h2-11,13,15,24,35H,12,14H2,1H3/b25-23+/t15-,24+/m0/s1. The highest BCUT2D eigenvalue weighted by Crippen LogP contribution is 2.45. The van der Waals surface area contributed by atoms with Crippen LogP contribution in [-0.2, 0) is 21.8 Å². The fourth-order valence-corrected chi connectivity index (χ4v) is 6.78. The Kier molecular flexibility index (Phi) is 7.07. The number of Topliss-reactive ketones (excluding diaryl/α,β-unsaturated/α-hetero) is 1. The van der Waals surface area contributed by atoms with E-state index in [0.29, 0.717) is 32.8 Å². The molecule has 6 rings (SSSR count). The number of hydrogen-bond donors (Lipinski definition) is 1. The lowest BCUT2D eigenvalue weighted by Crippen LogP contribution is -2.29. The number of aromatic nitrogens is 2. The van der Waals surface area contributed by atoms with E-state index in [9.17, 15) is 14.7 Å². The van der Waals surface area contributed by atoms with Crippen LogP contribution in [0.1, 0.15) is 35.2 Å². The predicted molar refractivity (Wildman–Crippen MR) is 152 cm³/mol. The van der Waals surface area contributed by atoms with Gasteiger partial charge in [-0.3, -0.25) is 14.5 Å². The molecule has 0 unspecified atom stereocenters. The van der Waals surface area contributed by atoms with Crippen molar-refractivity contribution in [3.63, 3.8) is 0 Å². The number of carbonyl (C=O) groups excluding carboxylic acids is 2. The van der Waals surface area contributed by atoms with E-state index in [2.05, 4.69) is 10.2 Å². The molecule has 3 heterocycles. The third-order valence-corrected chi connectivity index (χ3v) is 9.07. The van der Waals surface area contributed by atoms with Crippen LogP contribution in [0.3, 0.4) is 0 Å². The summed E-state index contributed by atoms with van der Waals surface area (Å²) in [5.41, 5.74) is 2.08. The average molecular weight is 594 g/mol. The van der Waals surface area contributed by atoms with Crippen LogP contribution in [-0.4, -0.2) is 33.1 Å². The molecule has 4 aromatic rings. The number of nitrogens with zero attached hydrogens (tertiary/aromatic N) is 3. The molecule has 0 saturated carbocycles. The highest BCUT2D eigenvalue weighted by molar-refractivity contribution is 8.00. The smallest absolute Gasteiger partial charge is 0.301 e. The Morgan fingerprint density at radius 1 is 1.15 bits per heavy atom. The maximum atomic E-state index is 15.2. The molecular formula is C29H21ClFN3O4S2. The van der Waals surface area contributed by atoms with E-state index in [-0.39, 0.29) is 22.4 Å². The normalized spacial score (nSPS) is 19.6. The Bertz CT molecular complexity index is 1670. The Labute approximate surface area is 242 Å². The van der Waals surface area contributed by atoms with E-state index in [1.807, 2.05) is 19.1 Å². The van der Waals surface area contributed by atoms with Gasteiger partial charge in [0.2, 0.25) is 5.13 Å². The molecule has 3 aromatic carbocycles. The molecule has 11 heteroatoms. The Morgan fingerprint density at radius 2 is 1.93 bits per heavy atom.